The number of fused-ring (bicyclic) bond motifs is 2. The van der Waals surface area contributed by atoms with Gasteiger partial charge in [0, 0.05) is 0 Å². The number of hydrogen-bond acceptors (Lipinski definition) is 8. The van der Waals surface area contributed by atoms with Crippen molar-refractivity contribution < 1.29 is 49.1 Å². The van der Waals surface area contributed by atoms with E-state index >= 15 is 0 Å². The lowest BCUT2D eigenvalue weighted by Gasteiger charge is -2.09. The van der Waals surface area contributed by atoms with Crippen molar-refractivity contribution in [3.8, 4) is 34.1 Å². The van der Waals surface area contributed by atoms with E-state index in [1.807, 2.05) is 0 Å². The molecule has 46 heavy (non-hydrogen) atoms. The van der Waals surface area contributed by atoms with Gasteiger partial charge >= 0.3 is 23.9 Å². The van der Waals surface area contributed by atoms with Crippen molar-refractivity contribution in [1.82, 2.24) is 0 Å². The fourth-order valence-electron chi connectivity index (χ4n) is 4.93. The van der Waals surface area contributed by atoms with Crippen LogP contribution in [0, 0.1) is 0 Å². The van der Waals surface area contributed by atoms with Crippen LogP contribution in [-0.4, -0.2) is 44.3 Å². The van der Waals surface area contributed by atoms with E-state index in [-0.39, 0.29) is 45.3 Å². The molecule has 10 heteroatoms. The molecule has 0 heterocycles. The number of phenols is 2. The first-order chi connectivity index (χ1) is 22.0. The van der Waals surface area contributed by atoms with Gasteiger partial charge in [0.2, 0.25) is 0 Å². The van der Waals surface area contributed by atoms with Crippen molar-refractivity contribution in [3.63, 3.8) is 0 Å². The van der Waals surface area contributed by atoms with Crippen LogP contribution < -0.4 is 9.47 Å². The number of aromatic hydroxyl groups is 2. The average molecular weight is 615 g/mol. The number of rotatable bonds is 7. The van der Waals surface area contributed by atoms with Gasteiger partial charge in [0.05, 0.1) is 11.1 Å². The summed E-state index contributed by atoms with van der Waals surface area (Å²) >= 11 is 0. The lowest BCUT2D eigenvalue weighted by atomic mass is 10.0. The third-order valence-electron chi connectivity index (χ3n) is 7.31. The molecule has 6 aromatic carbocycles. The van der Waals surface area contributed by atoms with E-state index in [4.69, 9.17) is 9.47 Å². The van der Waals surface area contributed by atoms with Crippen LogP contribution in [0.3, 0.4) is 0 Å². The summed E-state index contributed by atoms with van der Waals surface area (Å²) in [6, 6.07) is 27.9. The quantitative estimate of drug-likeness (QED) is 0.110. The van der Waals surface area contributed by atoms with Gasteiger partial charge in [0.1, 0.15) is 34.1 Å². The highest BCUT2D eigenvalue weighted by Crippen LogP contribution is 2.30. The molecule has 0 aromatic heterocycles. The molecular weight excluding hydrogens is 592 g/mol. The smallest absolute Gasteiger partial charge is 0.343 e. The number of esters is 2. The second-order valence-electron chi connectivity index (χ2n) is 10.3. The van der Waals surface area contributed by atoms with Gasteiger partial charge in [0.25, 0.3) is 0 Å². The summed E-state index contributed by atoms with van der Waals surface area (Å²) < 4.78 is 11.0. The molecule has 4 N–H and O–H groups in total. The van der Waals surface area contributed by atoms with Crippen LogP contribution in [-0.2, 0) is 0 Å². The van der Waals surface area contributed by atoms with Crippen molar-refractivity contribution in [2.24, 2.45) is 0 Å². The van der Waals surface area contributed by atoms with E-state index in [2.05, 4.69) is 0 Å². The molecule has 0 radical (unpaired) electrons. The maximum absolute atomic E-state index is 12.8. The first-order valence-corrected chi connectivity index (χ1v) is 13.7. The zero-order valence-corrected chi connectivity index (χ0v) is 23.6. The standard InChI is InChI=1S/C36H22O10/c37-31-17-22-5-6-24(13-25(22)15-29(31)33(39)40)36(44)45-27-10-7-20(8-11-27)19-1-3-21(4-2-19)35(43)46-28-12-9-23-18-32(38)30(34(41)42)16-26(23)14-28/h1-18,37-38H,(H,39,40)(H,41,42). The van der Waals surface area contributed by atoms with Crippen LogP contribution in [0.1, 0.15) is 41.4 Å². The lowest BCUT2D eigenvalue weighted by molar-refractivity contribution is 0.0682. The Morgan fingerprint density at radius 1 is 0.435 bits per heavy atom. The third kappa shape index (κ3) is 5.90. The first-order valence-electron chi connectivity index (χ1n) is 13.7. The molecule has 0 unspecified atom stereocenters. The summed E-state index contributed by atoms with van der Waals surface area (Å²) in [6.07, 6.45) is 0. The predicted molar refractivity (Wildman–Crippen MR) is 167 cm³/mol. The van der Waals surface area contributed by atoms with Crippen LogP contribution >= 0.6 is 0 Å². The molecule has 0 spiro atoms. The van der Waals surface area contributed by atoms with E-state index in [1.54, 1.807) is 66.7 Å². The summed E-state index contributed by atoms with van der Waals surface area (Å²) in [5, 5.41) is 40.4. The predicted octanol–water partition coefficient (Wildman–Crippen LogP) is 6.91. The number of carboxylic acid groups (broad SMARTS) is 2. The van der Waals surface area contributed by atoms with Gasteiger partial charge in [-0.3, -0.25) is 0 Å². The Labute approximate surface area is 259 Å². The number of ether oxygens (including phenoxy) is 2. The normalized spacial score (nSPS) is 10.9. The van der Waals surface area contributed by atoms with E-state index < -0.39 is 23.9 Å². The minimum Gasteiger partial charge on any atom is -0.507 e. The Morgan fingerprint density at radius 3 is 1.43 bits per heavy atom. The van der Waals surface area contributed by atoms with Gasteiger partial charge in [-0.2, -0.15) is 0 Å². The number of carbonyl (C=O) groups is 4. The molecule has 10 nitrogen and oxygen atoms in total. The largest absolute Gasteiger partial charge is 0.507 e. The van der Waals surface area contributed by atoms with Crippen LogP contribution in [0.25, 0.3) is 32.7 Å². The zero-order valence-electron chi connectivity index (χ0n) is 23.6. The minimum atomic E-state index is -1.29. The molecule has 0 atom stereocenters. The minimum absolute atomic E-state index is 0.203. The molecule has 0 saturated heterocycles. The molecule has 6 aromatic rings. The Bertz CT molecular complexity index is 2200. The van der Waals surface area contributed by atoms with E-state index in [0.717, 1.165) is 11.1 Å². The van der Waals surface area contributed by atoms with E-state index in [0.29, 0.717) is 21.5 Å². The maximum Gasteiger partial charge on any atom is 0.343 e. The first kappa shape index (κ1) is 29.4. The fourth-order valence-corrected chi connectivity index (χ4v) is 4.93. The van der Waals surface area contributed by atoms with Crippen LogP contribution in [0.2, 0.25) is 0 Å². The summed E-state index contributed by atoms with van der Waals surface area (Å²) in [6.45, 7) is 0. The Kier molecular flexibility index (Phi) is 7.53. The van der Waals surface area contributed by atoms with E-state index in [1.165, 1.54) is 42.5 Å². The second-order valence-corrected chi connectivity index (χ2v) is 10.3. The average Bonchev–Trinajstić information content (AvgIpc) is 3.04. The SMILES string of the molecule is O=C(Oc1ccc2cc(O)c(C(=O)O)cc2c1)c1ccc(-c2ccc(OC(=O)c3ccc4cc(O)c(C(=O)O)cc4c3)cc2)cc1. The Hall–Kier alpha value is -6.68. The molecule has 0 bridgehead atoms. The molecule has 0 fully saturated rings. The maximum atomic E-state index is 12.8. The fraction of sp³-hybridized carbons (Fsp3) is 0. The number of carbonyl (C=O) groups excluding carboxylic acids is 2. The topological polar surface area (TPSA) is 168 Å². The van der Waals surface area contributed by atoms with Crippen molar-refractivity contribution in [2.45, 2.75) is 0 Å². The van der Waals surface area contributed by atoms with Crippen molar-refractivity contribution in [2.75, 3.05) is 0 Å². The lowest BCUT2D eigenvalue weighted by Crippen LogP contribution is -2.08. The van der Waals surface area contributed by atoms with Gasteiger partial charge in [-0.25, -0.2) is 19.2 Å². The molecule has 0 aliphatic rings. The van der Waals surface area contributed by atoms with Crippen molar-refractivity contribution >= 4 is 45.4 Å². The number of hydrogen-bond donors (Lipinski definition) is 4. The van der Waals surface area contributed by atoms with Gasteiger partial charge in [-0.1, -0.05) is 36.4 Å². The molecular formula is C36H22O10. The van der Waals surface area contributed by atoms with Crippen LogP contribution in [0.5, 0.6) is 23.0 Å². The van der Waals surface area contributed by atoms with Crippen LogP contribution in [0.15, 0.2) is 109 Å². The monoisotopic (exact) mass is 614 g/mol. The highest BCUT2D eigenvalue weighted by atomic mass is 16.5. The number of carboxylic acids is 2. The molecule has 0 aliphatic heterocycles. The molecule has 6 rings (SSSR count). The number of aromatic carboxylic acids is 2. The Morgan fingerprint density at radius 2 is 0.870 bits per heavy atom. The van der Waals surface area contributed by atoms with Crippen molar-refractivity contribution in [1.29, 1.82) is 0 Å². The molecule has 0 aliphatic carbocycles. The van der Waals surface area contributed by atoms with Crippen molar-refractivity contribution in [3.05, 3.63) is 131 Å². The number of benzene rings is 6. The third-order valence-corrected chi connectivity index (χ3v) is 7.31. The highest BCUT2D eigenvalue weighted by molar-refractivity contribution is 6.01. The second kappa shape index (κ2) is 11.8. The summed E-state index contributed by atoms with van der Waals surface area (Å²) in [5.41, 5.74) is 1.53. The van der Waals surface area contributed by atoms with Gasteiger partial charge in [0.15, 0.2) is 0 Å². The van der Waals surface area contributed by atoms with Gasteiger partial charge in [-0.05, 0) is 105 Å². The molecule has 0 amide bonds. The molecule has 0 saturated carbocycles. The zero-order chi connectivity index (χ0) is 32.5. The highest BCUT2D eigenvalue weighted by Gasteiger charge is 2.16. The van der Waals surface area contributed by atoms with Crippen LogP contribution in [0.4, 0.5) is 0 Å². The Balaban J connectivity index is 1.12. The summed E-state index contributed by atoms with van der Waals surface area (Å²) in [5.74, 6) is -4.05. The van der Waals surface area contributed by atoms with Gasteiger partial charge in [-0.15, -0.1) is 0 Å². The summed E-state index contributed by atoms with van der Waals surface area (Å²) in [7, 11) is 0. The van der Waals surface area contributed by atoms with Gasteiger partial charge < -0.3 is 29.9 Å². The molecule has 226 valence electrons. The van der Waals surface area contributed by atoms with E-state index in [9.17, 15) is 39.6 Å². The summed E-state index contributed by atoms with van der Waals surface area (Å²) in [4.78, 5) is 48.3.